The fraction of sp³-hybridized carbons (Fsp3) is 0.500. The Labute approximate surface area is 109 Å². The molecule has 1 rings (SSSR count). The molecule has 1 unspecified atom stereocenters. The first-order chi connectivity index (χ1) is 8.54. The predicted molar refractivity (Wildman–Crippen MR) is 75.7 cm³/mol. The van der Waals surface area contributed by atoms with Crippen LogP contribution in [0.1, 0.15) is 18.9 Å². The van der Waals surface area contributed by atoms with E-state index in [0.717, 1.165) is 18.8 Å². The molecule has 4 heteroatoms. The molecule has 0 aromatic heterocycles. The maximum Gasteiger partial charge on any atom is 0.234 e. The van der Waals surface area contributed by atoms with Gasteiger partial charge in [0.05, 0.1) is 6.04 Å². The van der Waals surface area contributed by atoms with Gasteiger partial charge in [0, 0.05) is 19.3 Å². The molecular formula is C14H23N3O. The van der Waals surface area contributed by atoms with Gasteiger partial charge in [-0.05, 0) is 37.6 Å². The van der Waals surface area contributed by atoms with Gasteiger partial charge in [-0.3, -0.25) is 4.79 Å². The molecule has 18 heavy (non-hydrogen) atoms. The summed E-state index contributed by atoms with van der Waals surface area (Å²) < 4.78 is 0. The molecule has 0 aliphatic heterocycles. The number of amides is 1. The van der Waals surface area contributed by atoms with Crippen LogP contribution in [0.4, 0.5) is 5.69 Å². The van der Waals surface area contributed by atoms with Crippen LogP contribution in [0.2, 0.25) is 0 Å². The Bertz CT molecular complexity index is 392. The average molecular weight is 249 g/mol. The molecule has 0 fully saturated rings. The predicted octanol–water partition coefficient (Wildman–Crippen LogP) is 1.28. The minimum atomic E-state index is -0.283. The number of hydrogen-bond donors (Lipinski definition) is 2. The van der Waals surface area contributed by atoms with Crippen molar-refractivity contribution in [2.75, 3.05) is 25.0 Å². The monoisotopic (exact) mass is 249 g/mol. The van der Waals surface area contributed by atoms with E-state index in [9.17, 15) is 4.79 Å². The third-order valence-electron chi connectivity index (χ3n) is 2.99. The molecular weight excluding hydrogens is 226 g/mol. The number of anilines is 1. The molecule has 1 amide bonds. The number of benzene rings is 1. The topological polar surface area (TPSA) is 58.4 Å². The first kappa shape index (κ1) is 14.5. The molecule has 3 N–H and O–H groups in total. The first-order valence-electron chi connectivity index (χ1n) is 6.35. The number of nitrogens with zero attached hydrogens (tertiary/aromatic N) is 1. The van der Waals surface area contributed by atoms with Crippen molar-refractivity contribution in [1.82, 2.24) is 5.32 Å². The zero-order valence-electron chi connectivity index (χ0n) is 11.4. The average Bonchev–Trinajstić information content (AvgIpc) is 2.33. The molecule has 0 saturated carbocycles. The van der Waals surface area contributed by atoms with Crippen molar-refractivity contribution >= 4 is 11.6 Å². The van der Waals surface area contributed by atoms with Gasteiger partial charge in [0.15, 0.2) is 0 Å². The molecule has 0 radical (unpaired) electrons. The Hall–Kier alpha value is -1.55. The van der Waals surface area contributed by atoms with Gasteiger partial charge in [0.1, 0.15) is 0 Å². The highest BCUT2D eigenvalue weighted by Crippen LogP contribution is 2.14. The lowest BCUT2D eigenvalue weighted by atomic mass is 10.1. The number of aryl methyl sites for hydroxylation is 1. The maximum absolute atomic E-state index is 11.2. The lowest BCUT2D eigenvalue weighted by Crippen LogP contribution is -2.43. The van der Waals surface area contributed by atoms with Gasteiger partial charge < -0.3 is 16.0 Å². The molecule has 100 valence electrons. The zero-order valence-corrected chi connectivity index (χ0v) is 11.4. The Morgan fingerprint density at radius 1 is 1.50 bits per heavy atom. The van der Waals surface area contributed by atoms with Crippen molar-refractivity contribution in [3.63, 3.8) is 0 Å². The van der Waals surface area contributed by atoms with Gasteiger partial charge in [-0.25, -0.2) is 0 Å². The first-order valence-corrected chi connectivity index (χ1v) is 6.35. The summed E-state index contributed by atoms with van der Waals surface area (Å²) in [6.45, 7) is 5.59. The van der Waals surface area contributed by atoms with E-state index in [4.69, 9.17) is 5.73 Å². The van der Waals surface area contributed by atoms with Gasteiger partial charge >= 0.3 is 0 Å². The van der Waals surface area contributed by atoms with E-state index in [0.29, 0.717) is 6.42 Å². The fourth-order valence-corrected chi connectivity index (χ4v) is 1.91. The largest absolute Gasteiger partial charge is 0.375 e. The number of carbonyl (C=O) groups is 1. The minimum Gasteiger partial charge on any atom is -0.375 e. The van der Waals surface area contributed by atoms with Crippen molar-refractivity contribution in [2.24, 2.45) is 5.73 Å². The highest BCUT2D eigenvalue weighted by molar-refractivity contribution is 5.79. The van der Waals surface area contributed by atoms with Crippen LogP contribution in [-0.2, 0) is 4.79 Å². The minimum absolute atomic E-state index is 0.248. The zero-order chi connectivity index (χ0) is 13.5. The molecule has 1 aromatic carbocycles. The summed E-state index contributed by atoms with van der Waals surface area (Å²) in [7, 11) is 2.03. The fourth-order valence-electron chi connectivity index (χ4n) is 1.91. The van der Waals surface area contributed by atoms with Crippen LogP contribution in [0.5, 0.6) is 0 Å². The highest BCUT2D eigenvalue weighted by Gasteiger charge is 2.14. The van der Waals surface area contributed by atoms with E-state index in [1.807, 2.05) is 20.0 Å². The second-order valence-corrected chi connectivity index (χ2v) is 4.56. The second-order valence-electron chi connectivity index (χ2n) is 4.56. The summed E-state index contributed by atoms with van der Waals surface area (Å²) in [5.41, 5.74) is 7.75. The molecule has 0 spiro atoms. The Morgan fingerprint density at radius 3 is 2.78 bits per heavy atom. The van der Waals surface area contributed by atoms with Crippen molar-refractivity contribution < 1.29 is 4.79 Å². The van der Waals surface area contributed by atoms with Gasteiger partial charge in [0.2, 0.25) is 5.91 Å². The van der Waals surface area contributed by atoms with E-state index in [-0.39, 0.29) is 11.9 Å². The maximum atomic E-state index is 11.2. The molecule has 0 saturated heterocycles. The summed E-state index contributed by atoms with van der Waals surface area (Å²) in [4.78, 5) is 13.4. The Balaban J connectivity index is 2.54. The van der Waals surface area contributed by atoms with Crippen molar-refractivity contribution in [2.45, 2.75) is 26.3 Å². The third-order valence-corrected chi connectivity index (χ3v) is 2.99. The number of primary amides is 1. The third kappa shape index (κ3) is 4.37. The van der Waals surface area contributed by atoms with Crippen LogP contribution in [0.15, 0.2) is 24.3 Å². The smallest absolute Gasteiger partial charge is 0.234 e. The van der Waals surface area contributed by atoms with Crippen molar-refractivity contribution in [1.29, 1.82) is 0 Å². The van der Waals surface area contributed by atoms with E-state index >= 15 is 0 Å². The van der Waals surface area contributed by atoms with E-state index < -0.39 is 0 Å². The van der Waals surface area contributed by atoms with Crippen LogP contribution in [0.3, 0.4) is 0 Å². The summed E-state index contributed by atoms with van der Waals surface area (Å²) in [6.07, 6.45) is 0.716. The number of rotatable bonds is 7. The summed E-state index contributed by atoms with van der Waals surface area (Å²) in [6, 6.07) is 8.06. The van der Waals surface area contributed by atoms with Gasteiger partial charge in [0.25, 0.3) is 0 Å². The van der Waals surface area contributed by atoms with Crippen LogP contribution in [-0.4, -0.2) is 32.1 Å². The molecule has 0 bridgehead atoms. The van der Waals surface area contributed by atoms with Crippen LogP contribution in [0.25, 0.3) is 0 Å². The normalized spacial score (nSPS) is 12.2. The second kappa shape index (κ2) is 7.01. The van der Waals surface area contributed by atoms with Gasteiger partial charge in [-0.2, -0.15) is 0 Å². The number of hydrogen-bond acceptors (Lipinski definition) is 3. The summed E-state index contributed by atoms with van der Waals surface area (Å²) in [5, 5.41) is 3.10. The molecule has 0 heterocycles. The standard InChI is InChI=1S/C14H23N3O/c1-4-16-13(14(15)18)8-9-17(3)12-7-5-6-11(2)10-12/h5-7,10,13,16H,4,8-9H2,1-3H3,(H2,15,18). The van der Waals surface area contributed by atoms with Crippen LogP contribution >= 0.6 is 0 Å². The van der Waals surface area contributed by atoms with Crippen LogP contribution in [0, 0.1) is 6.92 Å². The Kier molecular flexibility index (Phi) is 5.65. The lowest BCUT2D eigenvalue weighted by Gasteiger charge is -2.22. The number of nitrogens with one attached hydrogen (secondary N) is 1. The quantitative estimate of drug-likeness (QED) is 0.765. The SMILES string of the molecule is CCNC(CCN(C)c1cccc(C)c1)C(N)=O. The molecule has 1 aromatic rings. The number of nitrogens with two attached hydrogens (primary N) is 1. The summed E-state index contributed by atoms with van der Waals surface area (Å²) >= 11 is 0. The number of likely N-dealkylation sites (N-methyl/N-ethyl adjacent to an activating group) is 1. The van der Waals surface area contributed by atoms with Gasteiger partial charge in [-0.15, -0.1) is 0 Å². The van der Waals surface area contributed by atoms with Crippen LogP contribution < -0.4 is 16.0 Å². The Morgan fingerprint density at radius 2 is 2.22 bits per heavy atom. The van der Waals surface area contributed by atoms with Crippen molar-refractivity contribution in [3.05, 3.63) is 29.8 Å². The summed E-state index contributed by atoms with van der Waals surface area (Å²) in [5.74, 6) is -0.283. The van der Waals surface area contributed by atoms with E-state index in [1.54, 1.807) is 0 Å². The van der Waals surface area contributed by atoms with Crippen molar-refractivity contribution in [3.8, 4) is 0 Å². The van der Waals surface area contributed by atoms with E-state index in [1.165, 1.54) is 5.56 Å². The molecule has 0 aliphatic rings. The molecule has 0 aliphatic carbocycles. The molecule has 1 atom stereocenters. The lowest BCUT2D eigenvalue weighted by molar-refractivity contribution is -0.120. The number of carbonyl (C=O) groups excluding carboxylic acids is 1. The van der Waals surface area contributed by atoms with Gasteiger partial charge in [-0.1, -0.05) is 19.1 Å². The highest BCUT2D eigenvalue weighted by atomic mass is 16.1. The van der Waals surface area contributed by atoms with E-state index in [2.05, 4.69) is 35.3 Å². The molecule has 4 nitrogen and oxygen atoms in total.